The Morgan fingerprint density at radius 3 is 2.85 bits per heavy atom. The fourth-order valence-electron chi connectivity index (χ4n) is 4.08. The number of aromatic nitrogens is 1. The minimum atomic E-state index is -0.251. The van der Waals surface area contributed by atoms with Crippen LogP contribution in [0.15, 0.2) is 35.1 Å². The summed E-state index contributed by atoms with van der Waals surface area (Å²) >= 11 is 0. The largest absolute Gasteiger partial charge is 0.493 e. The Bertz CT molecular complexity index is 885. The average molecular weight is 366 g/mol. The predicted molar refractivity (Wildman–Crippen MR) is 104 cm³/mol. The van der Waals surface area contributed by atoms with Gasteiger partial charge >= 0.3 is 0 Å². The monoisotopic (exact) mass is 366 g/mol. The third kappa shape index (κ3) is 3.92. The number of hydrogen-bond donors (Lipinski definition) is 1. The Morgan fingerprint density at radius 2 is 2.04 bits per heavy atom. The second-order valence-electron chi connectivity index (χ2n) is 7.75. The molecule has 142 valence electrons. The van der Waals surface area contributed by atoms with Crippen molar-refractivity contribution >= 4 is 5.91 Å². The normalized spacial score (nSPS) is 19.0. The molecule has 5 heteroatoms. The van der Waals surface area contributed by atoms with Gasteiger partial charge in [0.25, 0.3) is 11.5 Å². The van der Waals surface area contributed by atoms with E-state index in [-0.39, 0.29) is 22.9 Å². The summed E-state index contributed by atoms with van der Waals surface area (Å²) in [5.74, 6) is 1.00. The zero-order valence-electron chi connectivity index (χ0n) is 15.8. The minimum absolute atomic E-state index is 0.147. The molecule has 5 nitrogen and oxygen atoms in total. The first-order valence-corrected chi connectivity index (χ1v) is 9.84. The van der Waals surface area contributed by atoms with Gasteiger partial charge in [-0.25, -0.2) is 0 Å². The number of nitrogens with zero attached hydrogens (tertiary/aromatic N) is 1. The number of piperidine rings is 1. The van der Waals surface area contributed by atoms with E-state index in [1.807, 2.05) is 35.2 Å². The number of nitrogens with one attached hydrogen (secondary N) is 1. The molecule has 4 rings (SSSR count). The van der Waals surface area contributed by atoms with Crippen LogP contribution in [-0.4, -0.2) is 35.5 Å². The summed E-state index contributed by atoms with van der Waals surface area (Å²) in [5, 5.41) is 0. The van der Waals surface area contributed by atoms with Gasteiger partial charge in [-0.1, -0.05) is 17.7 Å². The summed E-state index contributed by atoms with van der Waals surface area (Å²) < 4.78 is 5.91. The molecule has 2 aromatic rings. The number of hydrogen-bond acceptors (Lipinski definition) is 3. The van der Waals surface area contributed by atoms with Crippen molar-refractivity contribution in [3.63, 3.8) is 0 Å². The zero-order valence-corrected chi connectivity index (χ0v) is 15.8. The highest BCUT2D eigenvalue weighted by atomic mass is 16.5. The second-order valence-corrected chi connectivity index (χ2v) is 7.75. The maximum Gasteiger partial charge on any atom is 0.261 e. The highest BCUT2D eigenvalue weighted by Gasteiger charge is 2.27. The fraction of sp³-hybridized carbons (Fsp3) is 0.455. The van der Waals surface area contributed by atoms with Crippen LogP contribution < -0.4 is 10.3 Å². The van der Waals surface area contributed by atoms with E-state index in [1.54, 1.807) is 0 Å². The maximum atomic E-state index is 12.9. The average Bonchev–Trinajstić information content (AvgIpc) is 3.14. The standard InChI is InChI=1S/C22H26N2O3/c1-15-7-9-18(10-8-15)27-14-16-4-3-11-24(13-16)22(26)19-12-17-5-2-6-20(17)23-21(19)25/h7-10,12,16H,2-6,11,13-14H2,1H3,(H,23,25)/t16-/m1/s1. The van der Waals surface area contributed by atoms with E-state index >= 15 is 0 Å². The predicted octanol–water partition coefficient (Wildman–Crippen LogP) is 3.10. The smallest absolute Gasteiger partial charge is 0.261 e. The molecule has 0 spiro atoms. The van der Waals surface area contributed by atoms with Crippen LogP contribution in [-0.2, 0) is 12.8 Å². The number of rotatable bonds is 4. The van der Waals surface area contributed by atoms with Gasteiger partial charge in [0, 0.05) is 24.7 Å². The van der Waals surface area contributed by atoms with Crippen LogP contribution in [0.1, 0.15) is 46.4 Å². The SMILES string of the molecule is Cc1ccc(OC[C@@H]2CCCN(C(=O)c3cc4c([nH]c3=O)CCC4)C2)cc1. The van der Waals surface area contributed by atoms with Gasteiger partial charge in [-0.2, -0.15) is 0 Å². The third-order valence-electron chi connectivity index (χ3n) is 5.63. The topological polar surface area (TPSA) is 62.4 Å². The Hall–Kier alpha value is -2.56. The lowest BCUT2D eigenvalue weighted by molar-refractivity contribution is 0.0631. The lowest BCUT2D eigenvalue weighted by atomic mass is 9.98. The number of amides is 1. The van der Waals surface area contributed by atoms with Gasteiger partial charge in [-0.05, 0) is 62.8 Å². The number of fused-ring (bicyclic) bond motifs is 1. The number of carbonyl (C=O) groups is 1. The number of likely N-dealkylation sites (tertiary alicyclic amines) is 1. The Balaban J connectivity index is 1.41. The van der Waals surface area contributed by atoms with Crippen molar-refractivity contribution < 1.29 is 9.53 Å². The van der Waals surface area contributed by atoms with Crippen molar-refractivity contribution in [1.29, 1.82) is 0 Å². The summed E-state index contributed by atoms with van der Waals surface area (Å²) in [6, 6.07) is 9.84. The van der Waals surface area contributed by atoms with Gasteiger partial charge in [0.05, 0.1) is 6.61 Å². The molecule has 2 aliphatic rings. The van der Waals surface area contributed by atoms with E-state index in [0.29, 0.717) is 19.7 Å². The molecular formula is C22H26N2O3. The van der Waals surface area contributed by atoms with Gasteiger partial charge in [0.1, 0.15) is 11.3 Å². The molecule has 0 bridgehead atoms. The van der Waals surface area contributed by atoms with E-state index < -0.39 is 0 Å². The van der Waals surface area contributed by atoms with E-state index in [9.17, 15) is 9.59 Å². The highest BCUT2D eigenvalue weighted by molar-refractivity contribution is 5.94. The molecule has 0 radical (unpaired) electrons. The van der Waals surface area contributed by atoms with Crippen molar-refractivity contribution in [1.82, 2.24) is 9.88 Å². The number of aromatic amines is 1. The first-order chi connectivity index (χ1) is 13.1. The van der Waals surface area contributed by atoms with Crippen molar-refractivity contribution in [3.8, 4) is 5.75 Å². The zero-order chi connectivity index (χ0) is 18.8. The lowest BCUT2D eigenvalue weighted by Gasteiger charge is -2.32. The number of H-pyrrole nitrogens is 1. The molecule has 0 unspecified atom stereocenters. The minimum Gasteiger partial charge on any atom is -0.493 e. The van der Waals surface area contributed by atoms with E-state index in [2.05, 4.69) is 11.9 Å². The Labute approximate surface area is 159 Å². The van der Waals surface area contributed by atoms with Crippen molar-refractivity contribution in [2.24, 2.45) is 5.92 Å². The summed E-state index contributed by atoms with van der Waals surface area (Å²) in [7, 11) is 0. The van der Waals surface area contributed by atoms with Crippen molar-refractivity contribution in [2.45, 2.75) is 39.0 Å². The Morgan fingerprint density at radius 1 is 1.22 bits per heavy atom. The molecule has 1 aliphatic carbocycles. The second kappa shape index (κ2) is 7.59. The number of ether oxygens (including phenoxy) is 1. The molecule has 0 saturated carbocycles. The van der Waals surface area contributed by atoms with Gasteiger partial charge in [0.2, 0.25) is 0 Å². The van der Waals surface area contributed by atoms with E-state index in [1.165, 1.54) is 5.56 Å². The molecular weight excluding hydrogens is 340 g/mol. The molecule has 1 amide bonds. The van der Waals surface area contributed by atoms with Crippen LogP contribution in [0.5, 0.6) is 5.75 Å². The molecule has 1 N–H and O–H groups in total. The van der Waals surface area contributed by atoms with Gasteiger partial charge < -0.3 is 14.6 Å². The van der Waals surface area contributed by atoms with Gasteiger partial charge in [-0.3, -0.25) is 9.59 Å². The Kier molecular flexibility index (Phi) is 5.01. The molecule has 1 aromatic carbocycles. The van der Waals surface area contributed by atoms with Gasteiger partial charge in [-0.15, -0.1) is 0 Å². The summed E-state index contributed by atoms with van der Waals surface area (Å²) in [6.07, 6.45) is 4.87. The first kappa shape index (κ1) is 17.8. The maximum absolute atomic E-state index is 12.9. The molecule has 1 aliphatic heterocycles. The van der Waals surface area contributed by atoms with Crippen LogP contribution in [0.25, 0.3) is 0 Å². The summed E-state index contributed by atoms with van der Waals surface area (Å²) in [5.41, 5.74) is 3.36. The number of carbonyl (C=O) groups excluding carboxylic acids is 1. The molecule has 27 heavy (non-hydrogen) atoms. The third-order valence-corrected chi connectivity index (χ3v) is 5.63. The molecule has 1 saturated heterocycles. The molecule has 1 fully saturated rings. The number of benzene rings is 1. The molecule has 2 heterocycles. The number of pyridine rings is 1. The molecule has 1 atom stereocenters. The van der Waals surface area contributed by atoms with Gasteiger partial charge in [0.15, 0.2) is 0 Å². The summed E-state index contributed by atoms with van der Waals surface area (Å²) in [6.45, 7) is 3.99. The molecule has 1 aromatic heterocycles. The van der Waals surface area contributed by atoms with Crippen LogP contribution in [0.2, 0.25) is 0 Å². The van der Waals surface area contributed by atoms with Crippen molar-refractivity contribution in [2.75, 3.05) is 19.7 Å². The van der Waals surface area contributed by atoms with E-state index in [4.69, 9.17) is 4.74 Å². The van der Waals surface area contributed by atoms with E-state index in [0.717, 1.165) is 49.1 Å². The number of aryl methyl sites for hydroxylation is 3. The summed E-state index contributed by atoms with van der Waals surface area (Å²) in [4.78, 5) is 30.0. The lowest BCUT2D eigenvalue weighted by Crippen LogP contribution is -2.43. The van der Waals surface area contributed by atoms with Crippen LogP contribution in [0.3, 0.4) is 0 Å². The van der Waals surface area contributed by atoms with Crippen LogP contribution >= 0.6 is 0 Å². The van der Waals surface area contributed by atoms with Crippen molar-refractivity contribution in [3.05, 3.63) is 63.1 Å². The van der Waals surface area contributed by atoms with Crippen LogP contribution in [0.4, 0.5) is 0 Å². The van der Waals surface area contributed by atoms with Crippen LogP contribution in [0, 0.1) is 12.8 Å². The first-order valence-electron chi connectivity index (χ1n) is 9.84. The quantitative estimate of drug-likeness (QED) is 0.904. The highest BCUT2D eigenvalue weighted by Crippen LogP contribution is 2.22. The fourth-order valence-corrected chi connectivity index (χ4v) is 4.08.